The van der Waals surface area contributed by atoms with Crippen LogP contribution in [0.2, 0.25) is 0 Å². The molecule has 2 rings (SSSR count). The van der Waals surface area contributed by atoms with E-state index in [-0.39, 0.29) is 13.2 Å². The van der Waals surface area contributed by atoms with E-state index < -0.39 is 24.2 Å². The zero-order chi connectivity index (χ0) is 17.8. The molecule has 0 aromatic heterocycles. The predicted molar refractivity (Wildman–Crippen MR) is 97.8 cm³/mol. The topological polar surface area (TPSA) is 55.8 Å². The van der Waals surface area contributed by atoms with Crippen LogP contribution >= 0.6 is 19.2 Å². The number of benzene rings is 1. The minimum atomic E-state index is -3.58. The standard InChI is InChI=1S/C18H28ClO4P/c1-4-22-24(21,23-5-2)17(15-10-8-9-14(3)13-15)18(20)12-7-6-11-16(18)19/h8-10,13,16-17,20H,4-7,11-12H2,1-3H3. The third-order valence-corrected chi connectivity index (χ3v) is 7.80. The molecule has 1 aromatic carbocycles. The van der Waals surface area contributed by atoms with Gasteiger partial charge in [-0.05, 0) is 39.2 Å². The third kappa shape index (κ3) is 4.05. The summed E-state index contributed by atoms with van der Waals surface area (Å²) in [5.41, 5.74) is -0.307. The quantitative estimate of drug-likeness (QED) is 0.525. The van der Waals surface area contributed by atoms with Crippen molar-refractivity contribution in [3.8, 4) is 0 Å². The van der Waals surface area contributed by atoms with Gasteiger partial charge in [-0.15, -0.1) is 11.6 Å². The summed E-state index contributed by atoms with van der Waals surface area (Å²) in [5.74, 6) is 0. The molecule has 3 unspecified atom stereocenters. The number of rotatable bonds is 7. The first-order chi connectivity index (χ1) is 11.4. The lowest BCUT2D eigenvalue weighted by Gasteiger charge is -2.44. The Balaban J connectivity index is 2.58. The van der Waals surface area contributed by atoms with E-state index in [1.54, 1.807) is 13.8 Å². The van der Waals surface area contributed by atoms with Gasteiger partial charge in [-0.25, -0.2) is 0 Å². The van der Waals surface area contributed by atoms with Crippen LogP contribution in [-0.4, -0.2) is 29.3 Å². The summed E-state index contributed by atoms with van der Waals surface area (Å²) in [4.78, 5) is 0. The first-order valence-electron chi connectivity index (χ1n) is 8.69. The molecule has 3 atom stereocenters. The number of alkyl halides is 1. The van der Waals surface area contributed by atoms with E-state index in [0.29, 0.717) is 12.8 Å². The van der Waals surface area contributed by atoms with Crippen molar-refractivity contribution in [3.63, 3.8) is 0 Å². The average Bonchev–Trinajstić information content (AvgIpc) is 2.51. The van der Waals surface area contributed by atoms with Gasteiger partial charge in [0.1, 0.15) is 5.66 Å². The first-order valence-corrected chi connectivity index (χ1v) is 10.7. The first kappa shape index (κ1) is 19.9. The molecule has 1 saturated carbocycles. The Morgan fingerprint density at radius 2 is 2.00 bits per heavy atom. The van der Waals surface area contributed by atoms with Crippen molar-refractivity contribution in [2.45, 2.75) is 63.1 Å². The van der Waals surface area contributed by atoms with Gasteiger partial charge in [0.25, 0.3) is 0 Å². The molecule has 0 radical (unpaired) electrons. The Labute approximate surface area is 150 Å². The van der Waals surface area contributed by atoms with Crippen molar-refractivity contribution in [2.75, 3.05) is 13.2 Å². The van der Waals surface area contributed by atoms with Gasteiger partial charge in [0.05, 0.1) is 24.2 Å². The highest BCUT2D eigenvalue weighted by Crippen LogP contribution is 2.67. The lowest BCUT2D eigenvalue weighted by atomic mass is 9.79. The van der Waals surface area contributed by atoms with Crippen LogP contribution in [0.4, 0.5) is 0 Å². The predicted octanol–water partition coefficient (Wildman–Crippen LogP) is 5.21. The fourth-order valence-electron chi connectivity index (χ4n) is 3.58. The number of hydrogen-bond donors (Lipinski definition) is 1. The highest BCUT2D eigenvalue weighted by atomic mass is 35.5. The maximum atomic E-state index is 13.6. The lowest BCUT2D eigenvalue weighted by Crippen LogP contribution is -2.47. The third-order valence-electron chi connectivity index (χ3n) is 4.59. The Bertz CT molecular complexity index is 584. The summed E-state index contributed by atoms with van der Waals surface area (Å²) in [6.07, 6.45) is 2.99. The lowest BCUT2D eigenvalue weighted by molar-refractivity contribution is -0.00559. The molecule has 1 aromatic rings. The fourth-order valence-corrected chi connectivity index (χ4v) is 6.53. The van der Waals surface area contributed by atoms with Crippen LogP contribution in [0, 0.1) is 6.92 Å². The summed E-state index contributed by atoms with van der Waals surface area (Å²) in [5, 5.41) is 11.0. The van der Waals surface area contributed by atoms with Crippen molar-refractivity contribution in [2.24, 2.45) is 0 Å². The van der Waals surface area contributed by atoms with E-state index in [9.17, 15) is 9.67 Å². The molecule has 4 nitrogen and oxygen atoms in total. The normalized spacial score (nSPS) is 26.3. The summed E-state index contributed by atoms with van der Waals surface area (Å²) < 4.78 is 24.8. The zero-order valence-electron chi connectivity index (χ0n) is 14.7. The molecule has 1 aliphatic rings. The summed E-state index contributed by atoms with van der Waals surface area (Å²) in [6, 6.07) is 7.68. The molecule has 0 heterocycles. The molecule has 1 N–H and O–H groups in total. The molecule has 136 valence electrons. The smallest absolute Gasteiger partial charge is 0.341 e. The van der Waals surface area contributed by atoms with E-state index in [1.165, 1.54) is 0 Å². The summed E-state index contributed by atoms with van der Waals surface area (Å²) in [7, 11) is -3.58. The van der Waals surface area contributed by atoms with Crippen molar-refractivity contribution in [1.29, 1.82) is 0 Å². The fraction of sp³-hybridized carbons (Fsp3) is 0.667. The second kappa shape index (κ2) is 8.33. The average molecular weight is 375 g/mol. The second-order valence-electron chi connectivity index (χ2n) is 6.40. The molecule has 6 heteroatoms. The van der Waals surface area contributed by atoms with E-state index in [4.69, 9.17) is 20.6 Å². The Hall–Kier alpha value is -0.380. The minimum absolute atomic E-state index is 0.253. The van der Waals surface area contributed by atoms with E-state index in [0.717, 1.165) is 24.0 Å². The van der Waals surface area contributed by atoms with Gasteiger partial charge in [0.2, 0.25) is 0 Å². The van der Waals surface area contributed by atoms with E-state index in [2.05, 4.69) is 0 Å². The number of aliphatic hydroxyl groups is 1. The van der Waals surface area contributed by atoms with Gasteiger partial charge in [-0.3, -0.25) is 4.57 Å². The second-order valence-corrected chi connectivity index (χ2v) is 9.04. The molecule has 0 spiro atoms. The van der Waals surface area contributed by atoms with Crippen LogP contribution in [0.1, 0.15) is 56.3 Å². The van der Waals surface area contributed by atoms with Crippen LogP contribution in [0.5, 0.6) is 0 Å². The maximum absolute atomic E-state index is 13.6. The van der Waals surface area contributed by atoms with Crippen LogP contribution in [0.15, 0.2) is 24.3 Å². The minimum Gasteiger partial charge on any atom is -0.387 e. The number of halogens is 1. The molecule has 0 saturated heterocycles. The van der Waals surface area contributed by atoms with Crippen LogP contribution in [0.25, 0.3) is 0 Å². The van der Waals surface area contributed by atoms with Crippen LogP contribution in [0.3, 0.4) is 0 Å². The Morgan fingerprint density at radius 1 is 1.33 bits per heavy atom. The van der Waals surface area contributed by atoms with Gasteiger partial charge >= 0.3 is 7.60 Å². The van der Waals surface area contributed by atoms with Crippen molar-refractivity contribution >= 4 is 19.2 Å². The van der Waals surface area contributed by atoms with Gasteiger partial charge in [0.15, 0.2) is 0 Å². The molecule has 24 heavy (non-hydrogen) atoms. The number of hydrogen-bond acceptors (Lipinski definition) is 4. The highest BCUT2D eigenvalue weighted by Gasteiger charge is 2.55. The van der Waals surface area contributed by atoms with Gasteiger partial charge < -0.3 is 14.2 Å². The van der Waals surface area contributed by atoms with Crippen molar-refractivity contribution < 1.29 is 18.7 Å². The molecule has 1 fully saturated rings. The van der Waals surface area contributed by atoms with E-state index >= 15 is 0 Å². The molecular formula is C18H28ClO4P. The van der Waals surface area contributed by atoms with Gasteiger partial charge in [0, 0.05) is 0 Å². The zero-order valence-corrected chi connectivity index (χ0v) is 16.4. The number of aryl methyl sites for hydroxylation is 1. The molecule has 0 aliphatic heterocycles. The van der Waals surface area contributed by atoms with Crippen LogP contribution in [-0.2, 0) is 13.6 Å². The molecule has 1 aliphatic carbocycles. The van der Waals surface area contributed by atoms with Crippen molar-refractivity contribution in [3.05, 3.63) is 35.4 Å². The van der Waals surface area contributed by atoms with Crippen molar-refractivity contribution in [1.82, 2.24) is 0 Å². The maximum Gasteiger partial charge on any atom is 0.341 e. The monoisotopic (exact) mass is 374 g/mol. The summed E-state index contributed by atoms with van der Waals surface area (Å²) >= 11 is 6.53. The highest BCUT2D eigenvalue weighted by molar-refractivity contribution is 7.54. The Morgan fingerprint density at radius 3 is 2.54 bits per heavy atom. The van der Waals surface area contributed by atoms with Gasteiger partial charge in [-0.2, -0.15) is 0 Å². The van der Waals surface area contributed by atoms with E-state index in [1.807, 2.05) is 31.2 Å². The van der Waals surface area contributed by atoms with Crippen LogP contribution < -0.4 is 0 Å². The summed E-state index contributed by atoms with van der Waals surface area (Å²) in [6.45, 7) is 6.03. The van der Waals surface area contributed by atoms with Gasteiger partial charge in [-0.1, -0.05) is 42.7 Å². The SMILES string of the molecule is CCOP(=O)(OCC)C(c1cccc(C)c1)C1(O)CCCCC1Cl. The molecular weight excluding hydrogens is 347 g/mol. The Kier molecular flexibility index (Phi) is 6.92. The molecule has 0 bridgehead atoms. The largest absolute Gasteiger partial charge is 0.387 e. The molecule has 0 amide bonds.